The second-order valence-electron chi connectivity index (χ2n) is 5.28. The van der Waals surface area contributed by atoms with E-state index in [0.717, 1.165) is 0 Å². The molecule has 0 aromatic heterocycles. The maximum Gasteiger partial charge on any atom is 0.335 e. The predicted octanol–water partition coefficient (Wildman–Crippen LogP) is 2.82. The molecule has 0 saturated heterocycles. The number of nitrogens with one attached hydrogen (secondary N) is 1. The van der Waals surface area contributed by atoms with Gasteiger partial charge in [-0.3, -0.25) is 4.79 Å². The van der Waals surface area contributed by atoms with Crippen molar-refractivity contribution in [2.45, 2.75) is 6.92 Å². The molecule has 0 aliphatic rings. The number of methoxy groups -OCH3 is 2. The molecule has 0 unspecified atom stereocenters. The monoisotopic (exact) mass is 375 g/mol. The van der Waals surface area contributed by atoms with Crippen molar-refractivity contribution in [2.75, 3.05) is 32.8 Å². The van der Waals surface area contributed by atoms with Gasteiger partial charge in [-0.2, -0.15) is 0 Å². The van der Waals surface area contributed by atoms with Gasteiger partial charge in [0.2, 0.25) is 5.75 Å². The molecule has 0 fully saturated rings. The normalized spacial score (nSPS) is 10.0. The Labute approximate surface area is 156 Å². The first kappa shape index (κ1) is 19.9. The zero-order valence-corrected chi connectivity index (χ0v) is 15.3. The van der Waals surface area contributed by atoms with Crippen LogP contribution in [0.3, 0.4) is 0 Å². The Morgan fingerprint density at radius 2 is 1.63 bits per heavy atom. The first-order chi connectivity index (χ1) is 13.0. The molecule has 2 N–H and O–H groups in total. The van der Waals surface area contributed by atoms with Crippen LogP contribution in [-0.2, 0) is 4.79 Å². The number of anilines is 1. The van der Waals surface area contributed by atoms with E-state index in [-0.39, 0.29) is 29.4 Å². The zero-order chi connectivity index (χ0) is 19.8. The lowest BCUT2D eigenvalue weighted by Gasteiger charge is -2.16. The van der Waals surface area contributed by atoms with E-state index < -0.39 is 11.9 Å². The third-order valence-corrected chi connectivity index (χ3v) is 3.52. The number of ether oxygens (including phenoxy) is 4. The van der Waals surface area contributed by atoms with Crippen LogP contribution in [0.1, 0.15) is 17.3 Å². The number of carbonyl (C=O) groups is 2. The summed E-state index contributed by atoms with van der Waals surface area (Å²) in [5, 5.41) is 11.8. The molecule has 8 heteroatoms. The standard InChI is InChI=1S/C19H21NO7/c1-4-26-14-8-6-5-7-13(14)20-17(21)11-27-18-15(24-2)9-12(19(22)23)10-16(18)25-3/h5-10H,4,11H2,1-3H3,(H,20,21)(H,22,23). The summed E-state index contributed by atoms with van der Waals surface area (Å²) < 4.78 is 21.3. The van der Waals surface area contributed by atoms with E-state index in [1.54, 1.807) is 24.3 Å². The molecule has 0 saturated carbocycles. The molecule has 1 amide bonds. The minimum Gasteiger partial charge on any atom is -0.493 e. The second kappa shape index (κ2) is 9.33. The number of aromatic carboxylic acids is 1. The molecular weight excluding hydrogens is 354 g/mol. The summed E-state index contributed by atoms with van der Waals surface area (Å²) in [6.45, 7) is 1.98. The summed E-state index contributed by atoms with van der Waals surface area (Å²) >= 11 is 0. The zero-order valence-electron chi connectivity index (χ0n) is 15.3. The van der Waals surface area contributed by atoms with Gasteiger partial charge in [-0.05, 0) is 31.2 Å². The predicted molar refractivity (Wildman–Crippen MR) is 98.2 cm³/mol. The highest BCUT2D eigenvalue weighted by atomic mass is 16.5. The molecule has 0 spiro atoms. The van der Waals surface area contributed by atoms with Gasteiger partial charge in [-0.15, -0.1) is 0 Å². The lowest BCUT2D eigenvalue weighted by Crippen LogP contribution is -2.21. The van der Waals surface area contributed by atoms with Gasteiger partial charge in [0.25, 0.3) is 5.91 Å². The Hall–Kier alpha value is -3.42. The molecule has 0 bridgehead atoms. The van der Waals surface area contributed by atoms with Gasteiger partial charge in [0.1, 0.15) is 5.75 Å². The van der Waals surface area contributed by atoms with E-state index in [0.29, 0.717) is 18.0 Å². The Bertz CT molecular complexity index is 794. The highest BCUT2D eigenvalue weighted by molar-refractivity contribution is 5.93. The van der Waals surface area contributed by atoms with Crippen LogP contribution in [0.4, 0.5) is 5.69 Å². The molecule has 0 aliphatic carbocycles. The lowest BCUT2D eigenvalue weighted by atomic mass is 10.2. The Morgan fingerprint density at radius 3 is 2.19 bits per heavy atom. The number of rotatable bonds is 9. The van der Waals surface area contributed by atoms with Crippen molar-refractivity contribution in [1.82, 2.24) is 0 Å². The minimum atomic E-state index is -1.14. The molecule has 0 aliphatic heterocycles. The molecule has 8 nitrogen and oxygen atoms in total. The summed E-state index contributed by atoms with van der Waals surface area (Å²) in [6.07, 6.45) is 0. The van der Waals surface area contributed by atoms with Crippen LogP contribution in [0.5, 0.6) is 23.0 Å². The van der Waals surface area contributed by atoms with Gasteiger partial charge in [0.15, 0.2) is 18.1 Å². The van der Waals surface area contributed by atoms with Crippen molar-refractivity contribution in [3.05, 3.63) is 42.0 Å². The smallest absolute Gasteiger partial charge is 0.335 e. The molecule has 2 aromatic carbocycles. The maximum absolute atomic E-state index is 12.2. The van der Waals surface area contributed by atoms with Crippen LogP contribution >= 0.6 is 0 Å². The van der Waals surface area contributed by atoms with Gasteiger partial charge in [0, 0.05) is 0 Å². The quantitative estimate of drug-likeness (QED) is 0.694. The van der Waals surface area contributed by atoms with Crippen molar-refractivity contribution in [1.29, 1.82) is 0 Å². The number of carboxylic acid groups (broad SMARTS) is 1. The Balaban J connectivity index is 2.14. The molecule has 2 rings (SSSR count). The number of benzene rings is 2. The van der Waals surface area contributed by atoms with Crippen LogP contribution in [0.2, 0.25) is 0 Å². The molecule has 144 valence electrons. The fraction of sp³-hybridized carbons (Fsp3) is 0.263. The van der Waals surface area contributed by atoms with Crippen LogP contribution < -0.4 is 24.3 Å². The molecule has 0 heterocycles. The van der Waals surface area contributed by atoms with Crippen molar-refractivity contribution in [3.63, 3.8) is 0 Å². The van der Waals surface area contributed by atoms with Crippen LogP contribution in [-0.4, -0.2) is 44.4 Å². The Morgan fingerprint density at radius 1 is 1.00 bits per heavy atom. The van der Waals surface area contributed by atoms with Crippen LogP contribution in [0, 0.1) is 0 Å². The SMILES string of the molecule is CCOc1ccccc1NC(=O)COc1c(OC)cc(C(=O)O)cc1OC. The van der Waals surface area contributed by atoms with E-state index in [1.165, 1.54) is 26.4 Å². The van der Waals surface area contributed by atoms with E-state index in [9.17, 15) is 9.59 Å². The van der Waals surface area contributed by atoms with E-state index in [4.69, 9.17) is 24.1 Å². The fourth-order valence-corrected chi connectivity index (χ4v) is 2.32. The molecular formula is C19H21NO7. The topological polar surface area (TPSA) is 103 Å². The van der Waals surface area contributed by atoms with Gasteiger partial charge >= 0.3 is 5.97 Å². The number of amides is 1. The summed E-state index contributed by atoms with van der Waals surface area (Å²) in [5.74, 6) is -0.576. The van der Waals surface area contributed by atoms with Gasteiger partial charge in [-0.25, -0.2) is 4.79 Å². The number of hydrogen-bond donors (Lipinski definition) is 2. The number of carboxylic acids is 1. The van der Waals surface area contributed by atoms with Gasteiger partial charge in [0.05, 0.1) is 32.1 Å². The summed E-state index contributed by atoms with van der Waals surface area (Å²) in [5.41, 5.74) is 0.499. The van der Waals surface area contributed by atoms with Crippen molar-refractivity contribution >= 4 is 17.6 Å². The summed E-state index contributed by atoms with van der Waals surface area (Å²) in [7, 11) is 2.73. The van der Waals surface area contributed by atoms with Gasteiger partial charge in [-0.1, -0.05) is 12.1 Å². The minimum absolute atomic E-state index is 0.0221. The van der Waals surface area contributed by atoms with Gasteiger partial charge < -0.3 is 29.4 Å². The summed E-state index contributed by atoms with van der Waals surface area (Å²) in [6, 6.07) is 9.62. The molecule has 27 heavy (non-hydrogen) atoms. The van der Waals surface area contributed by atoms with Crippen LogP contribution in [0.15, 0.2) is 36.4 Å². The van der Waals surface area contributed by atoms with E-state index in [1.807, 2.05) is 6.92 Å². The third kappa shape index (κ3) is 5.04. The number of carbonyl (C=O) groups excluding carboxylic acids is 1. The maximum atomic E-state index is 12.2. The second-order valence-corrected chi connectivity index (χ2v) is 5.28. The largest absolute Gasteiger partial charge is 0.493 e. The lowest BCUT2D eigenvalue weighted by molar-refractivity contribution is -0.118. The average Bonchev–Trinajstić information content (AvgIpc) is 2.67. The number of hydrogen-bond acceptors (Lipinski definition) is 6. The average molecular weight is 375 g/mol. The van der Waals surface area contributed by atoms with Crippen molar-refractivity contribution in [2.24, 2.45) is 0 Å². The highest BCUT2D eigenvalue weighted by Gasteiger charge is 2.18. The van der Waals surface area contributed by atoms with Crippen molar-refractivity contribution in [3.8, 4) is 23.0 Å². The molecule has 0 radical (unpaired) electrons. The molecule has 0 atom stereocenters. The summed E-state index contributed by atoms with van der Waals surface area (Å²) in [4.78, 5) is 23.4. The Kier molecular flexibility index (Phi) is 6.87. The fourth-order valence-electron chi connectivity index (χ4n) is 2.32. The molecule has 2 aromatic rings. The van der Waals surface area contributed by atoms with Crippen molar-refractivity contribution < 1.29 is 33.6 Å². The first-order valence-corrected chi connectivity index (χ1v) is 8.13. The first-order valence-electron chi connectivity index (χ1n) is 8.13. The van der Waals surface area contributed by atoms with Crippen LogP contribution in [0.25, 0.3) is 0 Å². The highest BCUT2D eigenvalue weighted by Crippen LogP contribution is 2.38. The van der Waals surface area contributed by atoms with E-state index in [2.05, 4.69) is 5.32 Å². The van der Waals surface area contributed by atoms with E-state index >= 15 is 0 Å². The third-order valence-electron chi connectivity index (χ3n) is 3.52. The number of para-hydroxylation sites is 2.